The van der Waals surface area contributed by atoms with Crippen LogP contribution in [0.2, 0.25) is 0 Å². The lowest BCUT2D eigenvalue weighted by atomic mass is 10.3. The Balaban J connectivity index is 1.77. The summed E-state index contributed by atoms with van der Waals surface area (Å²) >= 11 is 1.69. The van der Waals surface area contributed by atoms with Crippen molar-refractivity contribution in [3.8, 4) is 0 Å². The molecule has 1 amide bonds. The Labute approximate surface area is 90.9 Å². The highest BCUT2D eigenvalue weighted by Gasteiger charge is 2.07. The Morgan fingerprint density at radius 3 is 3.13 bits per heavy atom. The normalized spacial score (nSPS) is 10.1. The maximum atomic E-state index is 11.4. The van der Waals surface area contributed by atoms with Crippen molar-refractivity contribution in [2.45, 2.75) is 6.42 Å². The minimum atomic E-state index is -0.194. The number of aromatic nitrogens is 1. The van der Waals surface area contributed by atoms with Gasteiger partial charge in [0.25, 0.3) is 5.91 Å². The summed E-state index contributed by atoms with van der Waals surface area (Å²) < 4.78 is 4.58. The van der Waals surface area contributed by atoms with E-state index < -0.39 is 0 Å². The smallest absolute Gasteiger partial charge is 0.273 e. The Morgan fingerprint density at radius 1 is 1.53 bits per heavy atom. The summed E-state index contributed by atoms with van der Waals surface area (Å²) in [5.41, 5.74) is 0.321. The summed E-state index contributed by atoms with van der Waals surface area (Å²) in [5.74, 6) is -0.194. The highest BCUT2D eigenvalue weighted by Crippen LogP contribution is 2.08. The number of nitrogens with zero attached hydrogens (tertiary/aromatic N) is 1. The molecule has 0 aliphatic heterocycles. The van der Waals surface area contributed by atoms with E-state index in [4.69, 9.17) is 0 Å². The molecule has 0 saturated carbocycles. The molecule has 2 heterocycles. The van der Waals surface area contributed by atoms with Crippen molar-refractivity contribution in [1.29, 1.82) is 0 Å². The Kier molecular flexibility index (Phi) is 3.14. The summed E-state index contributed by atoms with van der Waals surface area (Å²) in [4.78, 5) is 12.7. The molecule has 1 N–H and O–H groups in total. The molecule has 78 valence electrons. The van der Waals surface area contributed by atoms with Crippen molar-refractivity contribution >= 4 is 17.2 Å². The van der Waals surface area contributed by atoms with Crippen molar-refractivity contribution in [1.82, 2.24) is 10.5 Å². The van der Waals surface area contributed by atoms with Crippen LogP contribution in [0.15, 0.2) is 34.4 Å². The van der Waals surface area contributed by atoms with Gasteiger partial charge in [-0.3, -0.25) is 4.79 Å². The Morgan fingerprint density at radius 2 is 2.47 bits per heavy atom. The topological polar surface area (TPSA) is 55.1 Å². The highest BCUT2D eigenvalue weighted by atomic mass is 32.1. The van der Waals surface area contributed by atoms with Crippen molar-refractivity contribution in [2.75, 3.05) is 6.54 Å². The lowest BCUT2D eigenvalue weighted by molar-refractivity contribution is 0.0945. The molecule has 2 aromatic rings. The largest absolute Gasteiger partial charge is 0.364 e. The predicted molar refractivity (Wildman–Crippen MR) is 56.9 cm³/mol. The molecule has 0 aromatic carbocycles. The van der Waals surface area contributed by atoms with Crippen molar-refractivity contribution in [3.63, 3.8) is 0 Å². The molecule has 0 saturated heterocycles. The molecule has 0 fully saturated rings. The molecule has 0 bridgehead atoms. The summed E-state index contributed by atoms with van der Waals surface area (Å²) in [7, 11) is 0. The van der Waals surface area contributed by atoms with Gasteiger partial charge in [0.1, 0.15) is 6.26 Å². The number of carbonyl (C=O) groups is 1. The molecule has 4 nitrogen and oxygen atoms in total. The maximum absolute atomic E-state index is 11.4. The fourth-order valence-electron chi connectivity index (χ4n) is 1.17. The highest BCUT2D eigenvalue weighted by molar-refractivity contribution is 7.09. The summed E-state index contributed by atoms with van der Waals surface area (Å²) in [6.45, 7) is 0.617. The standard InChI is InChI=1S/C10H10N2O2S/c13-10(9-4-6-14-12-9)11-5-3-8-2-1-7-15-8/h1-2,4,6-7H,3,5H2,(H,11,13). The summed E-state index contributed by atoms with van der Waals surface area (Å²) in [6, 6.07) is 5.59. The molecule has 0 unspecified atom stereocenters. The second kappa shape index (κ2) is 4.75. The fourth-order valence-corrected chi connectivity index (χ4v) is 1.88. The molecule has 0 radical (unpaired) electrons. The molecule has 0 spiro atoms. The molecular formula is C10H10N2O2S. The summed E-state index contributed by atoms with van der Waals surface area (Å²) in [6.07, 6.45) is 2.23. The van der Waals surface area contributed by atoms with Gasteiger partial charge in [-0.15, -0.1) is 11.3 Å². The zero-order chi connectivity index (χ0) is 10.5. The average Bonchev–Trinajstić information content (AvgIpc) is 2.90. The van der Waals surface area contributed by atoms with E-state index in [9.17, 15) is 4.79 Å². The van der Waals surface area contributed by atoms with Crippen LogP contribution in [0.4, 0.5) is 0 Å². The third-order valence-electron chi connectivity index (χ3n) is 1.91. The van der Waals surface area contributed by atoms with E-state index in [1.165, 1.54) is 11.1 Å². The van der Waals surface area contributed by atoms with Crippen molar-refractivity contribution < 1.29 is 9.32 Å². The minimum absolute atomic E-state index is 0.194. The third kappa shape index (κ3) is 2.66. The molecule has 0 aliphatic rings. The van der Waals surface area contributed by atoms with E-state index in [1.54, 1.807) is 17.4 Å². The van der Waals surface area contributed by atoms with Crippen molar-refractivity contribution in [3.05, 3.63) is 40.4 Å². The van der Waals surface area contributed by atoms with Gasteiger partial charge < -0.3 is 9.84 Å². The van der Waals surface area contributed by atoms with E-state index in [-0.39, 0.29) is 5.91 Å². The molecule has 5 heteroatoms. The lowest BCUT2D eigenvalue weighted by Gasteiger charge is -2.00. The Hall–Kier alpha value is -1.62. The predicted octanol–water partition coefficient (Wildman–Crippen LogP) is 1.71. The number of amides is 1. The molecule has 2 rings (SSSR count). The minimum Gasteiger partial charge on any atom is -0.364 e. The number of hydrogen-bond acceptors (Lipinski definition) is 4. The van der Waals surface area contributed by atoms with Crippen LogP contribution in [-0.4, -0.2) is 17.6 Å². The van der Waals surface area contributed by atoms with Gasteiger partial charge in [0.15, 0.2) is 5.69 Å². The third-order valence-corrected chi connectivity index (χ3v) is 2.84. The SMILES string of the molecule is O=C(NCCc1cccs1)c1ccon1. The van der Waals surface area contributed by atoms with E-state index >= 15 is 0 Å². The second-order valence-electron chi connectivity index (χ2n) is 2.97. The van der Waals surface area contributed by atoms with Gasteiger partial charge in [0.05, 0.1) is 0 Å². The van der Waals surface area contributed by atoms with Crippen molar-refractivity contribution in [2.24, 2.45) is 0 Å². The number of nitrogens with one attached hydrogen (secondary N) is 1. The van der Waals surface area contributed by atoms with Crippen LogP contribution >= 0.6 is 11.3 Å². The summed E-state index contributed by atoms with van der Waals surface area (Å²) in [5, 5.41) is 8.34. The average molecular weight is 222 g/mol. The van der Waals surface area contributed by atoms with Crippen LogP contribution in [0.25, 0.3) is 0 Å². The van der Waals surface area contributed by atoms with E-state index in [0.29, 0.717) is 12.2 Å². The van der Waals surface area contributed by atoms with Gasteiger partial charge in [-0.1, -0.05) is 11.2 Å². The molecule has 0 aliphatic carbocycles. The van der Waals surface area contributed by atoms with Gasteiger partial charge in [-0.05, 0) is 17.9 Å². The second-order valence-corrected chi connectivity index (χ2v) is 4.00. The van der Waals surface area contributed by atoms with Crippen LogP contribution in [0, 0.1) is 0 Å². The van der Waals surface area contributed by atoms with E-state index in [0.717, 1.165) is 6.42 Å². The number of thiophene rings is 1. The van der Waals surface area contributed by atoms with Gasteiger partial charge in [0.2, 0.25) is 0 Å². The first kappa shape index (κ1) is 9.92. The van der Waals surface area contributed by atoms with Gasteiger partial charge >= 0.3 is 0 Å². The quantitative estimate of drug-likeness (QED) is 0.856. The van der Waals surface area contributed by atoms with E-state index in [1.807, 2.05) is 17.5 Å². The first-order valence-electron chi connectivity index (χ1n) is 4.57. The first-order chi connectivity index (χ1) is 7.36. The van der Waals surface area contributed by atoms with Crippen LogP contribution in [0.3, 0.4) is 0 Å². The fraction of sp³-hybridized carbons (Fsp3) is 0.200. The van der Waals surface area contributed by atoms with Crippen LogP contribution in [0.5, 0.6) is 0 Å². The lowest BCUT2D eigenvalue weighted by Crippen LogP contribution is -2.25. The van der Waals surface area contributed by atoms with E-state index in [2.05, 4.69) is 15.0 Å². The zero-order valence-electron chi connectivity index (χ0n) is 7.97. The van der Waals surface area contributed by atoms with Gasteiger partial charge in [0, 0.05) is 17.5 Å². The molecule has 15 heavy (non-hydrogen) atoms. The number of carbonyl (C=O) groups excluding carboxylic acids is 1. The molecular weight excluding hydrogens is 212 g/mol. The number of hydrogen-bond donors (Lipinski definition) is 1. The maximum Gasteiger partial charge on any atom is 0.273 e. The first-order valence-corrected chi connectivity index (χ1v) is 5.45. The Bertz CT molecular complexity index is 409. The van der Waals surface area contributed by atoms with Gasteiger partial charge in [-0.25, -0.2) is 0 Å². The van der Waals surface area contributed by atoms with Gasteiger partial charge in [-0.2, -0.15) is 0 Å². The van der Waals surface area contributed by atoms with Crippen LogP contribution < -0.4 is 5.32 Å². The molecule has 0 atom stereocenters. The number of rotatable bonds is 4. The van der Waals surface area contributed by atoms with Crippen LogP contribution in [-0.2, 0) is 6.42 Å². The monoisotopic (exact) mass is 222 g/mol. The zero-order valence-corrected chi connectivity index (χ0v) is 8.79. The molecule has 2 aromatic heterocycles. The van der Waals surface area contributed by atoms with Crippen LogP contribution in [0.1, 0.15) is 15.4 Å².